The first kappa shape index (κ1) is 19.5. The SMILES string of the molecule is Cc1nn(C)cc1C(=O)/C=C/c1ccc(COc2c(Cl)cc(Cl)cc2Cl)o1. The van der Waals surface area contributed by atoms with Gasteiger partial charge >= 0.3 is 0 Å². The van der Waals surface area contributed by atoms with E-state index in [-0.39, 0.29) is 12.4 Å². The predicted octanol–water partition coefficient (Wildman–Crippen LogP) is 5.76. The number of rotatable bonds is 6. The number of aryl methyl sites for hydroxylation is 2. The number of nitrogens with zero attached hydrogens (tertiary/aromatic N) is 2. The number of aromatic nitrogens is 2. The summed E-state index contributed by atoms with van der Waals surface area (Å²) in [5.74, 6) is 1.27. The second kappa shape index (κ2) is 8.21. The smallest absolute Gasteiger partial charge is 0.189 e. The van der Waals surface area contributed by atoms with E-state index >= 15 is 0 Å². The van der Waals surface area contributed by atoms with Crippen molar-refractivity contribution in [1.29, 1.82) is 0 Å². The fraction of sp³-hybridized carbons (Fsp3) is 0.158. The van der Waals surface area contributed by atoms with Crippen molar-refractivity contribution >= 4 is 46.7 Å². The lowest BCUT2D eigenvalue weighted by Crippen LogP contribution is -1.95. The second-order valence-corrected chi connectivity index (χ2v) is 7.04. The van der Waals surface area contributed by atoms with Crippen LogP contribution in [0.5, 0.6) is 5.75 Å². The molecule has 5 nitrogen and oxygen atoms in total. The van der Waals surface area contributed by atoms with Gasteiger partial charge in [-0.3, -0.25) is 9.48 Å². The van der Waals surface area contributed by atoms with Crippen LogP contribution in [0.1, 0.15) is 27.6 Å². The number of carbonyl (C=O) groups excluding carboxylic acids is 1. The van der Waals surface area contributed by atoms with Crippen LogP contribution in [0.3, 0.4) is 0 Å². The van der Waals surface area contributed by atoms with Crippen molar-refractivity contribution in [1.82, 2.24) is 9.78 Å². The third-order valence-corrected chi connectivity index (χ3v) is 4.46. The Bertz CT molecular complexity index is 998. The Balaban J connectivity index is 1.65. The maximum Gasteiger partial charge on any atom is 0.189 e. The molecule has 0 saturated heterocycles. The van der Waals surface area contributed by atoms with E-state index in [1.807, 2.05) is 0 Å². The van der Waals surface area contributed by atoms with E-state index in [4.69, 9.17) is 44.0 Å². The van der Waals surface area contributed by atoms with Gasteiger partial charge in [0.15, 0.2) is 11.5 Å². The summed E-state index contributed by atoms with van der Waals surface area (Å²) in [4.78, 5) is 12.2. The highest BCUT2D eigenvalue weighted by Gasteiger charge is 2.12. The summed E-state index contributed by atoms with van der Waals surface area (Å²) < 4.78 is 12.9. The van der Waals surface area contributed by atoms with Gasteiger partial charge in [-0.25, -0.2) is 0 Å². The summed E-state index contributed by atoms with van der Waals surface area (Å²) in [6, 6.07) is 6.58. The summed E-state index contributed by atoms with van der Waals surface area (Å²) in [6.45, 7) is 1.92. The van der Waals surface area contributed by atoms with E-state index in [0.717, 1.165) is 0 Å². The van der Waals surface area contributed by atoms with Gasteiger partial charge in [-0.2, -0.15) is 5.10 Å². The first-order valence-corrected chi connectivity index (χ1v) is 9.05. The lowest BCUT2D eigenvalue weighted by atomic mass is 10.1. The van der Waals surface area contributed by atoms with E-state index in [2.05, 4.69) is 5.10 Å². The number of furan rings is 1. The molecule has 0 fully saturated rings. The fourth-order valence-corrected chi connectivity index (χ4v) is 3.39. The van der Waals surface area contributed by atoms with Crippen molar-refractivity contribution in [3.05, 3.63) is 74.4 Å². The maximum atomic E-state index is 12.2. The summed E-state index contributed by atoms with van der Waals surface area (Å²) in [5, 5.41) is 5.22. The minimum absolute atomic E-state index is 0.130. The Morgan fingerprint density at radius 1 is 1.26 bits per heavy atom. The van der Waals surface area contributed by atoms with Gasteiger partial charge in [-0.05, 0) is 43.3 Å². The van der Waals surface area contributed by atoms with E-state index < -0.39 is 0 Å². The van der Waals surface area contributed by atoms with Crippen LogP contribution in [0.2, 0.25) is 15.1 Å². The molecule has 3 aromatic rings. The number of benzene rings is 1. The fourth-order valence-electron chi connectivity index (χ4n) is 2.46. The zero-order chi connectivity index (χ0) is 19.6. The molecule has 0 saturated carbocycles. The molecule has 0 radical (unpaired) electrons. The van der Waals surface area contributed by atoms with Crippen LogP contribution in [0.4, 0.5) is 0 Å². The molecule has 2 aromatic heterocycles. The van der Waals surface area contributed by atoms with Gasteiger partial charge in [-0.1, -0.05) is 34.8 Å². The average molecular weight is 426 g/mol. The van der Waals surface area contributed by atoms with Crippen LogP contribution in [0.25, 0.3) is 6.08 Å². The highest BCUT2D eigenvalue weighted by Crippen LogP contribution is 2.36. The van der Waals surface area contributed by atoms with Gasteiger partial charge in [0.05, 0.1) is 21.3 Å². The Morgan fingerprint density at radius 3 is 2.59 bits per heavy atom. The van der Waals surface area contributed by atoms with Crippen molar-refractivity contribution < 1.29 is 13.9 Å². The van der Waals surface area contributed by atoms with Crippen LogP contribution in [0, 0.1) is 6.92 Å². The molecular formula is C19H15Cl3N2O3. The Kier molecular flexibility index (Phi) is 5.95. The number of carbonyl (C=O) groups is 1. The van der Waals surface area contributed by atoms with Gasteiger partial charge in [0.25, 0.3) is 0 Å². The van der Waals surface area contributed by atoms with Crippen molar-refractivity contribution in [2.75, 3.05) is 0 Å². The first-order valence-electron chi connectivity index (χ1n) is 7.92. The predicted molar refractivity (Wildman–Crippen MR) is 106 cm³/mol. The summed E-state index contributed by atoms with van der Waals surface area (Å²) >= 11 is 18.0. The summed E-state index contributed by atoms with van der Waals surface area (Å²) in [5.41, 5.74) is 1.23. The number of halogens is 3. The maximum absolute atomic E-state index is 12.2. The zero-order valence-corrected chi connectivity index (χ0v) is 16.8. The Hall–Kier alpha value is -2.21. The third kappa shape index (κ3) is 4.75. The van der Waals surface area contributed by atoms with Crippen molar-refractivity contribution in [3.8, 4) is 5.75 Å². The highest BCUT2D eigenvalue weighted by molar-refractivity contribution is 6.40. The molecule has 1 aromatic carbocycles. The number of ether oxygens (including phenoxy) is 1. The number of ketones is 1. The molecule has 0 aliphatic rings. The molecule has 3 rings (SSSR count). The van der Waals surface area contributed by atoms with Crippen molar-refractivity contribution in [3.63, 3.8) is 0 Å². The van der Waals surface area contributed by atoms with Crippen LogP contribution < -0.4 is 4.74 Å². The average Bonchev–Trinajstić information content (AvgIpc) is 3.17. The van der Waals surface area contributed by atoms with Crippen LogP contribution in [0.15, 0.2) is 41.0 Å². The van der Waals surface area contributed by atoms with Gasteiger partial charge in [-0.15, -0.1) is 0 Å². The van der Waals surface area contributed by atoms with E-state index in [0.29, 0.717) is 43.6 Å². The second-order valence-electron chi connectivity index (χ2n) is 5.79. The van der Waals surface area contributed by atoms with E-state index in [1.54, 1.807) is 55.2 Å². The monoisotopic (exact) mass is 424 g/mol. The molecule has 0 amide bonds. The van der Waals surface area contributed by atoms with Gasteiger partial charge in [0.1, 0.15) is 18.1 Å². The van der Waals surface area contributed by atoms with Gasteiger partial charge in [0, 0.05) is 18.3 Å². The molecule has 0 aliphatic carbocycles. The number of hydrogen-bond donors (Lipinski definition) is 0. The van der Waals surface area contributed by atoms with Crippen molar-refractivity contribution in [2.24, 2.45) is 7.05 Å². The van der Waals surface area contributed by atoms with Gasteiger partial charge < -0.3 is 9.15 Å². The largest absolute Gasteiger partial charge is 0.483 e. The minimum Gasteiger partial charge on any atom is -0.483 e. The lowest BCUT2D eigenvalue weighted by Gasteiger charge is -2.08. The van der Waals surface area contributed by atoms with Crippen LogP contribution >= 0.6 is 34.8 Å². The quantitative estimate of drug-likeness (QED) is 0.372. The topological polar surface area (TPSA) is 57.3 Å². The van der Waals surface area contributed by atoms with Gasteiger partial charge in [0.2, 0.25) is 0 Å². The summed E-state index contributed by atoms with van der Waals surface area (Å²) in [6.07, 6.45) is 4.73. The number of hydrogen-bond acceptors (Lipinski definition) is 4. The minimum atomic E-state index is -0.144. The normalized spacial score (nSPS) is 11.3. The van der Waals surface area contributed by atoms with Crippen molar-refractivity contribution in [2.45, 2.75) is 13.5 Å². The molecule has 0 unspecified atom stereocenters. The lowest BCUT2D eigenvalue weighted by molar-refractivity contribution is 0.104. The molecule has 0 spiro atoms. The number of allylic oxidation sites excluding steroid dienone is 1. The Labute approximate surface area is 171 Å². The Morgan fingerprint density at radius 2 is 1.96 bits per heavy atom. The molecule has 27 heavy (non-hydrogen) atoms. The molecule has 0 N–H and O–H groups in total. The molecule has 0 bridgehead atoms. The molecular weight excluding hydrogens is 411 g/mol. The molecule has 0 aliphatic heterocycles. The van der Waals surface area contributed by atoms with E-state index in [9.17, 15) is 4.79 Å². The molecule has 8 heteroatoms. The third-order valence-electron chi connectivity index (χ3n) is 3.68. The highest BCUT2D eigenvalue weighted by atomic mass is 35.5. The molecule has 2 heterocycles. The standard InChI is InChI=1S/C19H15Cl3N2O3/c1-11-15(9-24(2)23-11)18(25)6-5-13-3-4-14(27-13)10-26-19-16(21)7-12(20)8-17(19)22/h3-9H,10H2,1-2H3/b6-5+. The van der Waals surface area contributed by atoms with E-state index in [1.165, 1.54) is 6.08 Å². The first-order chi connectivity index (χ1) is 12.8. The van der Waals surface area contributed by atoms with Crippen LogP contribution in [-0.2, 0) is 13.7 Å². The van der Waals surface area contributed by atoms with Crippen LogP contribution in [-0.4, -0.2) is 15.6 Å². The molecule has 0 atom stereocenters. The summed E-state index contributed by atoms with van der Waals surface area (Å²) in [7, 11) is 1.77. The zero-order valence-electron chi connectivity index (χ0n) is 14.5. The molecule has 140 valence electrons.